The maximum absolute atomic E-state index is 6.39. The summed E-state index contributed by atoms with van der Waals surface area (Å²) in [4.78, 5) is 2.71. The van der Waals surface area contributed by atoms with Crippen LogP contribution in [0.1, 0.15) is 51.0 Å². The predicted octanol–water partition coefficient (Wildman–Crippen LogP) is 4.64. The maximum Gasteiger partial charge on any atom is 0.177 e. The number of anilines is 1. The van der Waals surface area contributed by atoms with Crippen LogP contribution in [0.3, 0.4) is 0 Å². The minimum absolute atomic E-state index is 0.313. The molecule has 1 N–H and O–H groups in total. The molecule has 3 saturated heterocycles. The number of nitrogens with one attached hydrogen (secondary N) is 1. The molecular formula is C19H24ClN3O. The molecule has 4 heterocycles. The number of hydrogen-bond donors (Lipinski definition) is 1. The zero-order valence-electron chi connectivity index (χ0n) is 14.3. The Morgan fingerprint density at radius 1 is 1.29 bits per heavy atom. The molecule has 1 aromatic carbocycles. The molecule has 1 aromatic heterocycles. The average Bonchev–Trinajstić information content (AvgIpc) is 3.25. The molecule has 4 aliphatic rings. The lowest BCUT2D eigenvalue weighted by Gasteiger charge is -2.52. The van der Waals surface area contributed by atoms with Gasteiger partial charge in [0.25, 0.3) is 0 Å². The van der Waals surface area contributed by atoms with Crippen LogP contribution >= 0.6 is 11.6 Å². The number of nitrogens with zero attached hydrogens (tertiary/aromatic N) is 2. The van der Waals surface area contributed by atoms with Crippen LogP contribution in [0.2, 0.25) is 5.02 Å². The number of piperidine rings is 3. The van der Waals surface area contributed by atoms with E-state index in [0.717, 1.165) is 33.3 Å². The quantitative estimate of drug-likeness (QED) is 0.879. The lowest BCUT2D eigenvalue weighted by Crippen LogP contribution is -2.62. The van der Waals surface area contributed by atoms with Crippen LogP contribution < -0.4 is 5.32 Å². The van der Waals surface area contributed by atoms with Crippen LogP contribution in [0, 0.1) is 5.92 Å². The Bertz CT molecular complexity index is 787. The van der Waals surface area contributed by atoms with Crippen molar-refractivity contribution in [2.24, 2.45) is 5.92 Å². The van der Waals surface area contributed by atoms with Gasteiger partial charge in [-0.2, -0.15) is 0 Å². The fourth-order valence-electron chi connectivity index (χ4n) is 5.11. The minimum Gasteiger partial charge on any atom is -0.362 e. The molecule has 0 radical (unpaired) electrons. The summed E-state index contributed by atoms with van der Waals surface area (Å²) in [5.74, 6) is 1.98. The van der Waals surface area contributed by atoms with Crippen molar-refractivity contribution in [2.75, 3.05) is 18.4 Å². The standard InChI is InChI=1S/C19H24ClN3O/c1-11(2)15-14(20)4-3-13-16(15)24-22-18(13)21-17-12-5-9-23(10-6-12)19(17)7-8-19/h3-4,11-12,17H,5-10H2,1-2H3,(H,21,22). The Morgan fingerprint density at radius 2 is 2.04 bits per heavy atom. The Morgan fingerprint density at radius 3 is 2.71 bits per heavy atom. The van der Waals surface area contributed by atoms with Gasteiger partial charge in [0, 0.05) is 22.2 Å². The predicted molar refractivity (Wildman–Crippen MR) is 96.8 cm³/mol. The first-order chi connectivity index (χ1) is 11.6. The highest BCUT2D eigenvalue weighted by atomic mass is 35.5. The van der Waals surface area contributed by atoms with Crippen LogP contribution in [0.4, 0.5) is 5.82 Å². The highest BCUT2D eigenvalue weighted by Crippen LogP contribution is 2.54. The Hall–Kier alpha value is -1.26. The van der Waals surface area contributed by atoms with Gasteiger partial charge >= 0.3 is 0 Å². The largest absolute Gasteiger partial charge is 0.362 e. The first-order valence-corrected chi connectivity index (χ1v) is 9.57. The number of hydrogen-bond acceptors (Lipinski definition) is 4. The summed E-state index contributed by atoms with van der Waals surface area (Å²) in [5, 5.41) is 10.0. The molecule has 24 heavy (non-hydrogen) atoms. The fourth-order valence-corrected chi connectivity index (χ4v) is 5.48. The number of halogens is 1. The zero-order chi connectivity index (χ0) is 16.5. The first kappa shape index (κ1) is 15.0. The highest BCUT2D eigenvalue weighted by Gasteiger charge is 2.60. The molecule has 1 aliphatic carbocycles. The number of fused-ring (bicyclic) bond motifs is 3. The van der Waals surface area contributed by atoms with E-state index in [4.69, 9.17) is 16.1 Å². The summed E-state index contributed by atoms with van der Waals surface area (Å²) < 4.78 is 5.72. The van der Waals surface area contributed by atoms with E-state index in [1.54, 1.807) is 0 Å². The topological polar surface area (TPSA) is 41.3 Å². The van der Waals surface area contributed by atoms with Crippen molar-refractivity contribution < 1.29 is 4.52 Å². The van der Waals surface area contributed by atoms with Gasteiger partial charge in [0.05, 0.1) is 5.39 Å². The number of benzene rings is 1. The number of rotatable bonds is 3. The second-order valence-electron chi connectivity index (χ2n) is 8.07. The molecule has 1 unspecified atom stereocenters. The number of aromatic nitrogens is 1. The van der Waals surface area contributed by atoms with Gasteiger partial charge in [-0.25, -0.2) is 0 Å². The molecule has 1 spiro atoms. The molecular weight excluding hydrogens is 322 g/mol. The maximum atomic E-state index is 6.39. The van der Waals surface area contributed by atoms with Crippen LogP contribution in [0.25, 0.3) is 11.0 Å². The van der Waals surface area contributed by atoms with Crippen molar-refractivity contribution in [3.05, 3.63) is 22.7 Å². The van der Waals surface area contributed by atoms with Crippen molar-refractivity contribution in [1.29, 1.82) is 0 Å². The van der Waals surface area contributed by atoms with Crippen molar-refractivity contribution in [2.45, 2.75) is 57.0 Å². The molecule has 0 amide bonds. The molecule has 4 fully saturated rings. The molecule has 128 valence electrons. The molecule has 3 aliphatic heterocycles. The van der Waals surface area contributed by atoms with Gasteiger partial charge in [-0.3, -0.25) is 4.90 Å². The lowest BCUT2D eigenvalue weighted by atomic mass is 9.77. The van der Waals surface area contributed by atoms with Crippen LogP contribution in [0.15, 0.2) is 16.7 Å². The second-order valence-corrected chi connectivity index (χ2v) is 8.48. The Balaban J connectivity index is 1.53. The molecule has 4 nitrogen and oxygen atoms in total. The van der Waals surface area contributed by atoms with E-state index in [1.165, 1.54) is 38.8 Å². The van der Waals surface area contributed by atoms with Crippen LogP contribution in [0.5, 0.6) is 0 Å². The van der Waals surface area contributed by atoms with Crippen LogP contribution in [-0.2, 0) is 0 Å². The van der Waals surface area contributed by atoms with Gasteiger partial charge in [-0.15, -0.1) is 0 Å². The normalized spacial score (nSPS) is 30.4. The third kappa shape index (κ3) is 1.99. The van der Waals surface area contributed by atoms with E-state index in [-0.39, 0.29) is 0 Å². The van der Waals surface area contributed by atoms with Crippen molar-refractivity contribution in [3.8, 4) is 0 Å². The monoisotopic (exact) mass is 345 g/mol. The smallest absolute Gasteiger partial charge is 0.177 e. The van der Waals surface area contributed by atoms with E-state index in [0.29, 0.717) is 17.5 Å². The lowest BCUT2D eigenvalue weighted by molar-refractivity contribution is 0.0202. The van der Waals surface area contributed by atoms with E-state index in [9.17, 15) is 0 Å². The van der Waals surface area contributed by atoms with E-state index in [1.807, 2.05) is 12.1 Å². The summed E-state index contributed by atoms with van der Waals surface area (Å²) in [6.07, 6.45) is 5.25. The summed E-state index contributed by atoms with van der Waals surface area (Å²) in [7, 11) is 0. The third-order valence-electron chi connectivity index (χ3n) is 6.48. The Kier molecular flexibility index (Phi) is 3.21. The molecule has 1 atom stereocenters. The second kappa shape index (κ2) is 5.12. The van der Waals surface area contributed by atoms with E-state index in [2.05, 4.69) is 29.2 Å². The molecule has 2 bridgehead atoms. The molecule has 6 rings (SSSR count). The van der Waals surface area contributed by atoms with E-state index < -0.39 is 0 Å². The summed E-state index contributed by atoms with van der Waals surface area (Å²) in [6.45, 7) is 6.83. The SMILES string of the molecule is CC(C)c1c(Cl)ccc2c(NC3C4CCN(CC4)C34CC4)noc12. The van der Waals surface area contributed by atoms with Crippen molar-refractivity contribution in [3.63, 3.8) is 0 Å². The first-order valence-electron chi connectivity index (χ1n) is 9.19. The van der Waals surface area contributed by atoms with Crippen LogP contribution in [-0.4, -0.2) is 34.7 Å². The van der Waals surface area contributed by atoms with Gasteiger partial charge in [-0.1, -0.05) is 30.6 Å². The zero-order valence-corrected chi connectivity index (χ0v) is 15.1. The van der Waals surface area contributed by atoms with Gasteiger partial charge in [0.2, 0.25) is 0 Å². The minimum atomic E-state index is 0.313. The summed E-state index contributed by atoms with van der Waals surface area (Å²) in [6, 6.07) is 4.53. The molecule has 2 aromatic rings. The fraction of sp³-hybridized carbons (Fsp3) is 0.632. The van der Waals surface area contributed by atoms with Gasteiger partial charge in [0.1, 0.15) is 0 Å². The highest BCUT2D eigenvalue weighted by molar-refractivity contribution is 6.32. The molecule has 1 saturated carbocycles. The van der Waals surface area contributed by atoms with Gasteiger partial charge < -0.3 is 9.84 Å². The Labute approximate surface area is 147 Å². The van der Waals surface area contributed by atoms with Gasteiger partial charge in [0.15, 0.2) is 11.4 Å². The van der Waals surface area contributed by atoms with Gasteiger partial charge in [-0.05, 0) is 62.7 Å². The molecule has 5 heteroatoms. The van der Waals surface area contributed by atoms with E-state index >= 15 is 0 Å². The third-order valence-corrected chi connectivity index (χ3v) is 6.81. The van der Waals surface area contributed by atoms with Crippen molar-refractivity contribution >= 4 is 28.4 Å². The summed E-state index contributed by atoms with van der Waals surface area (Å²) in [5.41, 5.74) is 2.29. The average molecular weight is 346 g/mol. The van der Waals surface area contributed by atoms with Crippen molar-refractivity contribution in [1.82, 2.24) is 10.1 Å². The summed E-state index contributed by atoms with van der Waals surface area (Å²) >= 11 is 6.39.